The van der Waals surface area contributed by atoms with Crippen molar-refractivity contribution in [2.24, 2.45) is 5.73 Å². The summed E-state index contributed by atoms with van der Waals surface area (Å²) in [6, 6.07) is 8.01. The normalized spacial score (nSPS) is 10.5. The van der Waals surface area contributed by atoms with Gasteiger partial charge in [0, 0.05) is 5.56 Å². The molecule has 5 heteroatoms. The molecule has 78 valence electrons. The number of benzene rings is 1. The van der Waals surface area contributed by atoms with E-state index in [9.17, 15) is 0 Å². The van der Waals surface area contributed by atoms with Gasteiger partial charge in [0.15, 0.2) is 5.82 Å². The van der Waals surface area contributed by atoms with E-state index in [1.54, 1.807) is 0 Å². The van der Waals surface area contributed by atoms with Crippen LogP contribution < -0.4 is 11.5 Å². The monoisotopic (exact) mass is 203 g/mol. The van der Waals surface area contributed by atoms with E-state index in [-0.39, 0.29) is 5.95 Å². The first-order valence-corrected chi connectivity index (χ1v) is 4.77. The van der Waals surface area contributed by atoms with Crippen molar-refractivity contribution in [3.63, 3.8) is 0 Å². The number of anilines is 1. The van der Waals surface area contributed by atoms with Crippen LogP contribution in [0, 0.1) is 0 Å². The summed E-state index contributed by atoms with van der Waals surface area (Å²) in [5.74, 6) is 0.947. The van der Waals surface area contributed by atoms with Gasteiger partial charge in [0.1, 0.15) is 0 Å². The zero-order valence-corrected chi connectivity index (χ0v) is 8.27. The second kappa shape index (κ2) is 4.10. The summed E-state index contributed by atoms with van der Waals surface area (Å²) in [5.41, 5.74) is 13.1. The number of aromatic nitrogens is 3. The number of aromatic amines is 1. The minimum Gasteiger partial charge on any atom is -0.366 e. The maximum Gasteiger partial charge on any atom is 0.239 e. The van der Waals surface area contributed by atoms with E-state index in [0.29, 0.717) is 12.4 Å². The maximum absolute atomic E-state index is 5.47. The Hall–Kier alpha value is -1.88. The Bertz CT molecular complexity index is 431. The number of nitrogens with zero attached hydrogens (tertiary/aromatic N) is 2. The first-order chi connectivity index (χ1) is 7.29. The number of hydrogen-bond acceptors (Lipinski definition) is 4. The third-order valence-corrected chi connectivity index (χ3v) is 2.16. The molecule has 5 N–H and O–H groups in total. The van der Waals surface area contributed by atoms with Gasteiger partial charge in [-0.2, -0.15) is 4.98 Å². The molecule has 0 aliphatic heterocycles. The number of hydrogen-bond donors (Lipinski definition) is 3. The number of nitrogens with one attached hydrogen (secondary N) is 1. The van der Waals surface area contributed by atoms with Crippen LogP contribution in [0.15, 0.2) is 24.3 Å². The SMILES string of the molecule is NCCc1ccc(-c2nc(N)n[nH]2)cc1. The predicted octanol–water partition coefficient (Wildman–Crippen LogP) is 0.555. The van der Waals surface area contributed by atoms with Gasteiger partial charge < -0.3 is 11.5 Å². The van der Waals surface area contributed by atoms with Crippen molar-refractivity contribution in [1.29, 1.82) is 0 Å². The molecule has 0 bridgehead atoms. The lowest BCUT2D eigenvalue weighted by Crippen LogP contribution is -2.02. The third-order valence-electron chi connectivity index (χ3n) is 2.16. The van der Waals surface area contributed by atoms with Crippen LogP contribution in [-0.2, 0) is 6.42 Å². The van der Waals surface area contributed by atoms with Crippen LogP contribution in [-0.4, -0.2) is 21.7 Å². The molecular formula is C10H13N5. The molecule has 0 amide bonds. The molecule has 1 heterocycles. The summed E-state index contributed by atoms with van der Waals surface area (Å²) >= 11 is 0. The van der Waals surface area contributed by atoms with Crippen LogP contribution in [0.25, 0.3) is 11.4 Å². The molecule has 0 aliphatic rings. The summed E-state index contributed by atoms with van der Waals surface area (Å²) < 4.78 is 0. The number of nitrogen functional groups attached to an aromatic ring is 1. The summed E-state index contributed by atoms with van der Waals surface area (Å²) in [5, 5.41) is 6.54. The zero-order chi connectivity index (χ0) is 10.7. The van der Waals surface area contributed by atoms with Crippen LogP contribution >= 0.6 is 0 Å². The average molecular weight is 203 g/mol. The van der Waals surface area contributed by atoms with Crippen LogP contribution in [0.4, 0.5) is 5.95 Å². The topological polar surface area (TPSA) is 93.6 Å². The first kappa shape index (κ1) is 9.67. The third kappa shape index (κ3) is 2.13. The van der Waals surface area contributed by atoms with Crippen molar-refractivity contribution in [3.05, 3.63) is 29.8 Å². The molecule has 0 fully saturated rings. The molecular weight excluding hydrogens is 190 g/mol. The molecule has 0 saturated heterocycles. The standard InChI is InChI=1S/C10H13N5/c11-6-5-7-1-3-8(4-2-7)9-13-10(12)15-14-9/h1-4H,5-6,11H2,(H3,12,13,14,15). The smallest absolute Gasteiger partial charge is 0.239 e. The minimum atomic E-state index is 0.260. The highest BCUT2D eigenvalue weighted by Gasteiger charge is 2.02. The van der Waals surface area contributed by atoms with Gasteiger partial charge in [-0.1, -0.05) is 24.3 Å². The quantitative estimate of drug-likeness (QED) is 0.679. The molecule has 2 rings (SSSR count). The molecule has 1 aromatic carbocycles. The highest BCUT2D eigenvalue weighted by Crippen LogP contribution is 2.15. The largest absolute Gasteiger partial charge is 0.366 e. The first-order valence-electron chi connectivity index (χ1n) is 4.77. The Morgan fingerprint density at radius 2 is 1.93 bits per heavy atom. The van der Waals surface area contributed by atoms with E-state index >= 15 is 0 Å². The Morgan fingerprint density at radius 1 is 1.20 bits per heavy atom. The van der Waals surface area contributed by atoms with Crippen LogP contribution in [0.2, 0.25) is 0 Å². The van der Waals surface area contributed by atoms with Crippen LogP contribution in [0.3, 0.4) is 0 Å². The van der Waals surface area contributed by atoms with Gasteiger partial charge >= 0.3 is 0 Å². The minimum absolute atomic E-state index is 0.260. The Morgan fingerprint density at radius 3 is 2.47 bits per heavy atom. The fourth-order valence-corrected chi connectivity index (χ4v) is 1.40. The Kier molecular flexibility index (Phi) is 2.64. The lowest BCUT2D eigenvalue weighted by Gasteiger charge is -1.99. The molecule has 0 radical (unpaired) electrons. The summed E-state index contributed by atoms with van der Waals surface area (Å²) in [6.45, 7) is 0.661. The Balaban J connectivity index is 2.23. The fourth-order valence-electron chi connectivity index (χ4n) is 1.40. The highest BCUT2D eigenvalue weighted by molar-refractivity contribution is 5.56. The zero-order valence-electron chi connectivity index (χ0n) is 8.27. The molecule has 0 spiro atoms. The fraction of sp³-hybridized carbons (Fsp3) is 0.200. The summed E-state index contributed by atoms with van der Waals surface area (Å²) in [6.07, 6.45) is 0.888. The molecule has 2 aromatic rings. The van der Waals surface area contributed by atoms with E-state index < -0.39 is 0 Å². The second-order valence-corrected chi connectivity index (χ2v) is 3.28. The van der Waals surface area contributed by atoms with Crippen molar-refractivity contribution in [2.75, 3.05) is 12.3 Å². The van der Waals surface area contributed by atoms with Gasteiger partial charge in [0.2, 0.25) is 5.95 Å². The predicted molar refractivity (Wildman–Crippen MR) is 59.0 cm³/mol. The van der Waals surface area contributed by atoms with Gasteiger partial charge in [-0.15, -0.1) is 5.10 Å². The van der Waals surface area contributed by atoms with Crippen LogP contribution in [0.5, 0.6) is 0 Å². The molecule has 0 atom stereocenters. The summed E-state index contributed by atoms with van der Waals surface area (Å²) in [7, 11) is 0. The van der Waals surface area contributed by atoms with E-state index in [1.807, 2.05) is 24.3 Å². The van der Waals surface area contributed by atoms with Gasteiger partial charge in [0.05, 0.1) is 0 Å². The lowest BCUT2D eigenvalue weighted by atomic mass is 10.1. The van der Waals surface area contributed by atoms with E-state index in [2.05, 4.69) is 15.2 Å². The molecule has 5 nitrogen and oxygen atoms in total. The van der Waals surface area contributed by atoms with Crippen molar-refractivity contribution in [2.45, 2.75) is 6.42 Å². The molecule has 0 aliphatic carbocycles. The van der Waals surface area contributed by atoms with Crippen molar-refractivity contribution < 1.29 is 0 Å². The van der Waals surface area contributed by atoms with Gasteiger partial charge in [-0.25, -0.2) is 0 Å². The number of H-pyrrole nitrogens is 1. The molecule has 15 heavy (non-hydrogen) atoms. The van der Waals surface area contributed by atoms with E-state index in [4.69, 9.17) is 11.5 Å². The van der Waals surface area contributed by atoms with Crippen LogP contribution in [0.1, 0.15) is 5.56 Å². The number of rotatable bonds is 3. The van der Waals surface area contributed by atoms with Gasteiger partial charge in [-0.3, -0.25) is 5.10 Å². The summed E-state index contributed by atoms with van der Waals surface area (Å²) in [4.78, 5) is 4.04. The van der Waals surface area contributed by atoms with Gasteiger partial charge in [-0.05, 0) is 18.5 Å². The second-order valence-electron chi connectivity index (χ2n) is 3.28. The van der Waals surface area contributed by atoms with Gasteiger partial charge in [0.25, 0.3) is 0 Å². The van der Waals surface area contributed by atoms with E-state index in [0.717, 1.165) is 12.0 Å². The van der Waals surface area contributed by atoms with E-state index in [1.165, 1.54) is 5.56 Å². The maximum atomic E-state index is 5.47. The molecule has 0 saturated carbocycles. The molecule has 0 unspecified atom stereocenters. The van der Waals surface area contributed by atoms with Crippen molar-refractivity contribution >= 4 is 5.95 Å². The lowest BCUT2D eigenvalue weighted by molar-refractivity contribution is 0.969. The number of nitrogens with two attached hydrogens (primary N) is 2. The molecule has 1 aromatic heterocycles. The Labute approximate surface area is 87.5 Å². The average Bonchev–Trinajstić information content (AvgIpc) is 2.67. The van der Waals surface area contributed by atoms with Crippen molar-refractivity contribution in [1.82, 2.24) is 15.2 Å². The van der Waals surface area contributed by atoms with Crippen molar-refractivity contribution in [3.8, 4) is 11.4 Å². The highest BCUT2D eigenvalue weighted by atomic mass is 15.3.